The van der Waals surface area contributed by atoms with Gasteiger partial charge in [-0.25, -0.2) is 4.68 Å². The van der Waals surface area contributed by atoms with E-state index in [1.807, 2.05) is 10.7 Å². The molecule has 1 rings (SSSR count). The largest absolute Gasteiger partial charge is 0.384 e. The molecule has 0 bridgehead atoms. The van der Waals surface area contributed by atoms with Crippen LogP contribution >= 0.6 is 0 Å². The zero-order chi connectivity index (χ0) is 10.7. The molecule has 0 aliphatic carbocycles. The second kappa shape index (κ2) is 4.49. The fourth-order valence-corrected chi connectivity index (χ4v) is 1.29. The van der Waals surface area contributed by atoms with Crippen LogP contribution in [0.1, 0.15) is 45.7 Å². The topological polar surface area (TPSA) is 43.8 Å². The second-order valence-corrected chi connectivity index (χ2v) is 4.55. The molecule has 0 aliphatic rings. The molecule has 0 amide bonds. The van der Waals surface area contributed by atoms with E-state index < -0.39 is 0 Å². The summed E-state index contributed by atoms with van der Waals surface area (Å²) in [6.45, 7) is 9.62. The molecule has 1 aromatic rings. The van der Waals surface area contributed by atoms with Crippen molar-refractivity contribution in [3.8, 4) is 0 Å². The van der Waals surface area contributed by atoms with Crippen molar-refractivity contribution in [1.29, 1.82) is 0 Å². The first-order valence-electron chi connectivity index (χ1n) is 5.34. The molecule has 1 heterocycles. The van der Waals surface area contributed by atoms with Gasteiger partial charge in [0.1, 0.15) is 5.82 Å². The number of anilines is 1. The summed E-state index contributed by atoms with van der Waals surface area (Å²) in [5, 5.41) is 4.47. The van der Waals surface area contributed by atoms with E-state index in [0.717, 1.165) is 24.5 Å². The highest BCUT2D eigenvalue weighted by Gasteiger charge is 2.08. The molecule has 0 aromatic carbocycles. The molecule has 0 saturated heterocycles. The minimum absolute atomic E-state index is 0.456. The van der Waals surface area contributed by atoms with Crippen molar-refractivity contribution < 1.29 is 0 Å². The molecular weight excluding hydrogens is 174 g/mol. The van der Waals surface area contributed by atoms with Crippen LogP contribution in [0, 0.1) is 5.92 Å². The van der Waals surface area contributed by atoms with Gasteiger partial charge in [0.25, 0.3) is 0 Å². The van der Waals surface area contributed by atoms with Gasteiger partial charge in [-0.15, -0.1) is 0 Å². The monoisotopic (exact) mass is 195 g/mol. The van der Waals surface area contributed by atoms with Crippen molar-refractivity contribution in [2.45, 2.75) is 46.6 Å². The van der Waals surface area contributed by atoms with E-state index >= 15 is 0 Å². The maximum atomic E-state index is 5.87. The van der Waals surface area contributed by atoms with Crippen LogP contribution < -0.4 is 5.73 Å². The predicted octanol–water partition coefficient (Wildman–Crippen LogP) is 2.63. The highest BCUT2D eigenvalue weighted by Crippen LogP contribution is 2.16. The number of aromatic nitrogens is 2. The van der Waals surface area contributed by atoms with E-state index in [1.165, 1.54) is 0 Å². The standard InChI is InChI=1S/C11H21N3/c1-8(2)5-6-14-11(12)7-10(13-14)9(3)4/h7-9H,5-6,12H2,1-4H3. The fourth-order valence-electron chi connectivity index (χ4n) is 1.29. The number of aryl methyl sites for hydroxylation is 1. The third kappa shape index (κ3) is 2.76. The van der Waals surface area contributed by atoms with Crippen molar-refractivity contribution in [2.75, 3.05) is 5.73 Å². The van der Waals surface area contributed by atoms with Crippen LogP contribution in [0.5, 0.6) is 0 Å². The van der Waals surface area contributed by atoms with Gasteiger partial charge in [0.15, 0.2) is 0 Å². The van der Waals surface area contributed by atoms with Gasteiger partial charge < -0.3 is 5.73 Å². The number of nitrogens with zero attached hydrogens (tertiary/aromatic N) is 2. The maximum absolute atomic E-state index is 5.87. The molecule has 80 valence electrons. The second-order valence-electron chi connectivity index (χ2n) is 4.55. The van der Waals surface area contributed by atoms with Crippen molar-refractivity contribution in [1.82, 2.24) is 9.78 Å². The SMILES string of the molecule is CC(C)CCn1nc(C(C)C)cc1N. The molecule has 0 aliphatic heterocycles. The summed E-state index contributed by atoms with van der Waals surface area (Å²) < 4.78 is 1.91. The molecule has 3 nitrogen and oxygen atoms in total. The molecule has 0 atom stereocenters. The minimum atomic E-state index is 0.456. The molecule has 0 unspecified atom stereocenters. The lowest BCUT2D eigenvalue weighted by Gasteiger charge is -2.06. The lowest BCUT2D eigenvalue weighted by molar-refractivity contribution is 0.487. The lowest BCUT2D eigenvalue weighted by Crippen LogP contribution is -2.07. The van der Waals surface area contributed by atoms with Crippen molar-refractivity contribution >= 4 is 5.82 Å². The van der Waals surface area contributed by atoms with E-state index in [-0.39, 0.29) is 0 Å². The van der Waals surface area contributed by atoms with Gasteiger partial charge in [0.05, 0.1) is 5.69 Å². The van der Waals surface area contributed by atoms with Crippen molar-refractivity contribution in [2.24, 2.45) is 5.92 Å². The number of hydrogen-bond acceptors (Lipinski definition) is 2. The third-order valence-corrected chi connectivity index (χ3v) is 2.34. The predicted molar refractivity (Wildman–Crippen MR) is 60.2 cm³/mol. The Morgan fingerprint density at radius 2 is 2.00 bits per heavy atom. The zero-order valence-corrected chi connectivity index (χ0v) is 9.62. The normalized spacial score (nSPS) is 11.6. The molecule has 3 heteroatoms. The Bertz CT molecular complexity index is 287. The van der Waals surface area contributed by atoms with E-state index in [2.05, 4.69) is 32.8 Å². The number of nitrogen functional groups attached to an aromatic ring is 1. The average Bonchev–Trinajstić information content (AvgIpc) is 2.43. The summed E-state index contributed by atoms with van der Waals surface area (Å²) >= 11 is 0. The molecular formula is C11H21N3. The van der Waals surface area contributed by atoms with Crippen LogP contribution in [0.25, 0.3) is 0 Å². The van der Waals surface area contributed by atoms with Gasteiger partial charge in [-0.2, -0.15) is 5.10 Å². The van der Waals surface area contributed by atoms with Crippen LogP contribution in [-0.2, 0) is 6.54 Å². The minimum Gasteiger partial charge on any atom is -0.384 e. The first kappa shape index (κ1) is 11.1. The van der Waals surface area contributed by atoms with Gasteiger partial charge in [-0.05, 0) is 18.3 Å². The average molecular weight is 195 g/mol. The van der Waals surface area contributed by atoms with E-state index in [0.29, 0.717) is 11.8 Å². The molecule has 0 fully saturated rings. The van der Waals surface area contributed by atoms with Gasteiger partial charge in [-0.1, -0.05) is 27.7 Å². The highest BCUT2D eigenvalue weighted by molar-refractivity contribution is 5.31. The summed E-state index contributed by atoms with van der Waals surface area (Å²) in [4.78, 5) is 0. The van der Waals surface area contributed by atoms with Gasteiger partial charge >= 0.3 is 0 Å². The molecule has 0 saturated carbocycles. The van der Waals surface area contributed by atoms with Gasteiger partial charge in [-0.3, -0.25) is 0 Å². The summed E-state index contributed by atoms with van der Waals surface area (Å²) in [5.74, 6) is 1.94. The van der Waals surface area contributed by atoms with E-state index in [4.69, 9.17) is 5.73 Å². The Kier molecular flexibility index (Phi) is 3.55. The Morgan fingerprint density at radius 3 is 2.43 bits per heavy atom. The Balaban J connectivity index is 2.67. The summed E-state index contributed by atoms with van der Waals surface area (Å²) in [6, 6.07) is 1.98. The van der Waals surface area contributed by atoms with Crippen LogP contribution in [0.15, 0.2) is 6.07 Å². The Morgan fingerprint density at radius 1 is 1.36 bits per heavy atom. The third-order valence-electron chi connectivity index (χ3n) is 2.34. The van der Waals surface area contributed by atoms with Crippen LogP contribution in [0.3, 0.4) is 0 Å². The molecule has 0 spiro atoms. The molecule has 2 N–H and O–H groups in total. The quantitative estimate of drug-likeness (QED) is 0.802. The molecule has 0 radical (unpaired) electrons. The molecule has 1 aromatic heterocycles. The number of hydrogen-bond donors (Lipinski definition) is 1. The molecule has 14 heavy (non-hydrogen) atoms. The fraction of sp³-hybridized carbons (Fsp3) is 0.727. The van der Waals surface area contributed by atoms with Crippen LogP contribution in [-0.4, -0.2) is 9.78 Å². The first-order valence-corrected chi connectivity index (χ1v) is 5.34. The Hall–Kier alpha value is -0.990. The summed E-state index contributed by atoms with van der Waals surface area (Å²) in [6.07, 6.45) is 1.13. The summed E-state index contributed by atoms with van der Waals surface area (Å²) in [7, 11) is 0. The van der Waals surface area contributed by atoms with E-state index in [1.54, 1.807) is 0 Å². The van der Waals surface area contributed by atoms with Gasteiger partial charge in [0, 0.05) is 12.6 Å². The smallest absolute Gasteiger partial charge is 0.121 e. The maximum Gasteiger partial charge on any atom is 0.121 e. The van der Waals surface area contributed by atoms with Gasteiger partial charge in [0.2, 0.25) is 0 Å². The zero-order valence-electron chi connectivity index (χ0n) is 9.62. The Labute approximate surface area is 86.3 Å². The van der Waals surface area contributed by atoms with Crippen molar-refractivity contribution in [3.63, 3.8) is 0 Å². The number of rotatable bonds is 4. The first-order chi connectivity index (χ1) is 6.50. The number of nitrogens with two attached hydrogens (primary N) is 1. The van der Waals surface area contributed by atoms with Crippen LogP contribution in [0.4, 0.5) is 5.82 Å². The highest BCUT2D eigenvalue weighted by atomic mass is 15.3. The van der Waals surface area contributed by atoms with Crippen LogP contribution in [0.2, 0.25) is 0 Å². The van der Waals surface area contributed by atoms with Crippen molar-refractivity contribution in [3.05, 3.63) is 11.8 Å². The van der Waals surface area contributed by atoms with E-state index in [9.17, 15) is 0 Å². The lowest BCUT2D eigenvalue weighted by atomic mass is 10.1. The summed E-state index contributed by atoms with van der Waals surface area (Å²) in [5.41, 5.74) is 6.95.